The number of fused-ring (bicyclic) bond motifs is 3. The molecule has 1 saturated heterocycles. The molecule has 2 aliphatic heterocycles. The minimum Gasteiger partial charge on any atom is -0.348 e. The number of hydrogen-bond donors (Lipinski definition) is 1. The fourth-order valence-corrected chi connectivity index (χ4v) is 4.90. The van der Waals surface area contributed by atoms with Crippen LogP contribution in [-0.2, 0) is 10.2 Å². The number of anilines is 1. The maximum absolute atomic E-state index is 13.3. The van der Waals surface area contributed by atoms with Crippen molar-refractivity contribution in [2.45, 2.75) is 56.1 Å². The number of amides is 1. The summed E-state index contributed by atoms with van der Waals surface area (Å²) in [5.41, 5.74) is 7.82. The van der Waals surface area contributed by atoms with Gasteiger partial charge in [-0.1, -0.05) is 37.5 Å². The average molecular weight is 299 g/mol. The molecule has 2 heterocycles. The smallest absolute Gasteiger partial charge is 0.264 e. The molecule has 4 heteroatoms. The molecule has 2 atom stereocenters. The van der Waals surface area contributed by atoms with Crippen molar-refractivity contribution in [3.8, 4) is 0 Å². The van der Waals surface area contributed by atoms with E-state index in [-0.39, 0.29) is 11.3 Å². The number of benzene rings is 1. The maximum Gasteiger partial charge on any atom is 0.264 e. The molecule has 2 fully saturated rings. The zero-order chi connectivity index (χ0) is 15.5. The van der Waals surface area contributed by atoms with Crippen molar-refractivity contribution >= 4 is 11.6 Å². The Hall–Kier alpha value is -1.55. The fourth-order valence-electron chi connectivity index (χ4n) is 4.90. The van der Waals surface area contributed by atoms with Crippen molar-refractivity contribution in [1.29, 1.82) is 0 Å². The second kappa shape index (κ2) is 4.48. The second-order valence-electron chi connectivity index (χ2n) is 7.40. The first-order valence-corrected chi connectivity index (χ1v) is 8.43. The zero-order valence-corrected chi connectivity index (χ0v) is 13.5. The van der Waals surface area contributed by atoms with Crippen LogP contribution in [-0.4, -0.2) is 36.1 Å². The van der Waals surface area contributed by atoms with Crippen LogP contribution in [0.25, 0.3) is 0 Å². The molecule has 1 aromatic rings. The van der Waals surface area contributed by atoms with Crippen LogP contribution in [0.15, 0.2) is 24.3 Å². The molecule has 2 N–H and O–H groups in total. The standard InChI is InChI=1S/C18H25N3O/c1-17-12-21(13-8-4-3-5-9-13)16(22)18(17,19)20(2)15-11-7-6-10-14(15)17/h6-7,10-11,13H,3-5,8-9,12,19H2,1-2H3. The highest BCUT2D eigenvalue weighted by Gasteiger charge is 2.67. The van der Waals surface area contributed by atoms with E-state index in [0.29, 0.717) is 6.04 Å². The number of carbonyl (C=O) groups excluding carboxylic acids is 1. The first kappa shape index (κ1) is 14.1. The van der Waals surface area contributed by atoms with Gasteiger partial charge in [0.1, 0.15) is 0 Å². The normalized spacial score (nSPS) is 35.0. The second-order valence-corrected chi connectivity index (χ2v) is 7.40. The van der Waals surface area contributed by atoms with Crippen LogP contribution in [0.4, 0.5) is 5.69 Å². The lowest BCUT2D eigenvalue weighted by Crippen LogP contribution is -2.65. The van der Waals surface area contributed by atoms with Gasteiger partial charge in [-0.25, -0.2) is 0 Å². The van der Waals surface area contributed by atoms with Gasteiger partial charge in [0, 0.05) is 25.3 Å². The summed E-state index contributed by atoms with van der Waals surface area (Å²) in [6, 6.07) is 8.66. The predicted molar refractivity (Wildman–Crippen MR) is 87.7 cm³/mol. The molecule has 0 radical (unpaired) electrons. The Bertz CT molecular complexity index is 625. The molecule has 1 aliphatic carbocycles. The van der Waals surface area contributed by atoms with Gasteiger partial charge in [-0.05, 0) is 31.4 Å². The van der Waals surface area contributed by atoms with E-state index in [9.17, 15) is 4.79 Å². The summed E-state index contributed by atoms with van der Waals surface area (Å²) in [4.78, 5) is 17.3. The first-order valence-electron chi connectivity index (χ1n) is 8.43. The van der Waals surface area contributed by atoms with E-state index in [1.54, 1.807) is 0 Å². The van der Waals surface area contributed by atoms with Crippen LogP contribution in [0.3, 0.4) is 0 Å². The van der Waals surface area contributed by atoms with Crippen LogP contribution in [0, 0.1) is 0 Å². The molecule has 0 bridgehead atoms. The quantitative estimate of drug-likeness (QED) is 0.865. The summed E-state index contributed by atoms with van der Waals surface area (Å²) < 4.78 is 0. The number of hydrogen-bond acceptors (Lipinski definition) is 3. The van der Waals surface area contributed by atoms with Gasteiger partial charge < -0.3 is 9.80 Å². The van der Waals surface area contributed by atoms with Gasteiger partial charge in [0.2, 0.25) is 0 Å². The van der Waals surface area contributed by atoms with Crippen molar-refractivity contribution in [2.75, 3.05) is 18.5 Å². The zero-order valence-electron chi connectivity index (χ0n) is 13.5. The van der Waals surface area contributed by atoms with Crippen molar-refractivity contribution in [2.24, 2.45) is 5.73 Å². The lowest BCUT2D eigenvalue weighted by Gasteiger charge is -2.37. The monoisotopic (exact) mass is 299 g/mol. The summed E-state index contributed by atoms with van der Waals surface area (Å²) >= 11 is 0. The van der Waals surface area contributed by atoms with Gasteiger partial charge in [0.25, 0.3) is 5.91 Å². The molecule has 22 heavy (non-hydrogen) atoms. The van der Waals surface area contributed by atoms with Gasteiger partial charge in [-0.3, -0.25) is 10.5 Å². The third kappa shape index (κ3) is 1.49. The minimum absolute atomic E-state index is 0.112. The fraction of sp³-hybridized carbons (Fsp3) is 0.611. The predicted octanol–water partition coefficient (Wildman–Crippen LogP) is 2.22. The number of nitrogens with two attached hydrogens (primary N) is 1. The van der Waals surface area contributed by atoms with Crippen molar-refractivity contribution < 1.29 is 4.79 Å². The first-order chi connectivity index (χ1) is 10.5. The summed E-state index contributed by atoms with van der Waals surface area (Å²) in [5, 5.41) is 0. The van der Waals surface area contributed by atoms with E-state index >= 15 is 0 Å². The third-order valence-corrected chi connectivity index (χ3v) is 6.32. The van der Waals surface area contributed by atoms with Crippen molar-refractivity contribution in [1.82, 2.24) is 4.90 Å². The third-order valence-electron chi connectivity index (χ3n) is 6.32. The van der Waals surface area contributed by atoms with Crippen molar-refractivity contribution in [3.63, 3.8) is 0 Å². The lowest BCUT2D eigenvalue weighted by molar-refractivity contribution is -0.134. The van der Waals surface area contributed by atoms with Crippen LogP contribution in [0.1, 0.15) is 44.6 Å². The molecule has 0 aromatic heterocycles. The molecule has 1 amide bonds. The van der Waals surface area contributed by atoms with E-state index in [1.807, 2.05) is 18.0 Å². The van der Waals surface area contributed by atoms with Crippen LogP contribution in [0.5, 0.6) is 0 Å². The molecule has 3 aliphatic rings. The molecule has 0 spiro atoms. The van der Waals surface area contributed by atoms with Gasteiger partial charge in [-0.2, -0.15) is 0 Å². The Kier molecular flexibility index (Phi) is 2.86. The highest BCUT2D eigenvalue weighted by atomic mass is 16.2. The minimum atomic E-state index is -0.936. The topological polar surface area (TPSA) is 49.6 Å². The van der Waals surface area contributed by atoms with E-state index in [1.165, 1.54) is 24.8 Å². The Morgan fingerprint density at radius 1 is 1.18 bits per heavy atom. The number of likely N-dealkylation sites (N-methyl/N-ethyl adjacent to an activating group) is 1. The largest absolute Gasteiger partial charge is 0.348 e. The summed E-state index contributed by atoms with van der Waals surface area (Å²) in [7, 11) is 1.96. The molecule has 1 aromatic carbocycles. The van der Waals surface area contributed by atoms with Gasteiger partial charge in [0.05, 0.1) is 5.41 Å². The van der Waals surface area contributed by atoms with Crippen LogP contribution >= 0.6 is 0 Å². The molecule has 4 rings (SSSR count). The molecule has 118 valence electrons. The summed E-state index contributed by atoms with van der Waals surface area (Å²) in [5.74, 6) is 0.112. The molecular weight excluding hydrogens is 274 g/mol. The van der Waals surface area contributed by atoms with Gasteiger partial charge in [0.15, 0.2) is 5.66 Å². The number of para-hydroxylation sites is 1. The van der Waals surface area contributed by atoms with Gasteiger partial charge >= 0.3 is 0 Å². The lowest BCUT2D eigenvalue weighted by atomic mass is 9.77. The number of rotatable bonds is 1. The Morgan fingerprint density at radius 2 is 1.86 bits per heavy atom. The van der Waals surface area contributed by atoms with Crippen LogP contribution in [0.2, 0.25) is 0 Å². The van der Waals surface area contributed by atoms with E-state index in [4.69, 9.17) is 5.73 Å². The van der Waals surface area contributed by atoms with E-state index in [2.05, 4.69) is 30.0 Å². The molecule has 1 saturated carbocycles. The maximum atomic E-state index is 13.3. The highest BCUT2D eigenvalue weighted by molar-refractivity contribution is 5.98. The van der Waals surface area contributed by atoms with E-state index in [0.717, 1.165) is 25.1 Å². The highest BCUT2D eigenvalue weighted by Crippen LogP contribution is 2.53. The number of carbonyl (C=O) groups is 1. The molecular formula is C18H25N3O. The Balaban J connectivity index is 1.78. The number of nitrogens with zero attached hydrogens (tertiary/aromatic N) is 2. The average Bonchev–Trinajstić information content (AvgIpc) is 2.87. The van der Waals surface area contributed by atoms with E-state index < -0.39 is 5.66 Å². The van der Waals surface area contributed by atoms with Gasteiger partial charge in [-0.15, -0.1) is 0 Å². The molecule has 2 unspecified atom stereocenters. The Labute approximate surface area is 132 Å². The summed E-state index contributed by atoms with van der Waals surface area (Å²) in [6.45, 7) is 2.91. The van der Waals surface area contributed by atoms with Crippen LogP contribution < -0.4 is 10.6 Å². The SMILES string of the molecule is CN1c2ccccc2C2(C)CN(C3CCCCC3)C(=O)C12N. The summed E-state index contributed by atoms with van der Waals surface area (Å²) in [6.07, 6.45) is 6.02. The number of likely N-dealkylation sites (tertiary alicyclic amines) is 1. The van der Waals surface area contributed by atoms with Crippen molar-refractivity contribution in [3.05, 3.63) is 29.8 Å². The molecule has 4 nitrogen and oxygen atoms in total. The Morgan fingerprint density at radius 3 is 2.59 bits per heavy atom.